The highest BCUT2D eigenvalue weighted by Crippen LogP contribution is 2.55. The van der Waals surface area contributed by atoms with Gasteiger partial charge < -0.3 is 19.9 Å². The molecule has 0 bridgehead atoms. The summed E-state index contributed by atoms with van der Waals surface area (Å²) in [5.41, 5.74) is 1.27. The molecule has 3 aromatic carbocycles. The lowest BCUT2D eigenvalue weighted by Gasteiger charge is -2.63. The van der Waals surface area contributed by atoms with E-state index in [0.717, 1.165) is 62.4 Å². The smallest absolute Gasteiger partial charge is 0.262 e. The van der Waals surface area contributed by atoms with E-state index in [9.17, 15) is 29.2 Å². The maximum atomic E-state index is 15.4. The topological polar surface area (TPSA) is 152 Å². The maximum Gasteiger partial charge on any atom is 0.262 e. The van der Waals surface area contributed by atoms with E-state index in [1.54, 1.807) is 36.4 Å². The van der Waals surface area contributed by atoms with Gasteiger partial charge in [0.25, 0.3) is 17.7 Å². The maximum absolute atomic E-state index is 15.4. The van der Waals surface area contributed by atoms with E-state index >= 15 is 4.39 Å². The Morgan fingerprint density at radius 2 is 1.59 bits per heavy atom. The lowest BCUT2D eigenvalue weighted by Crippen LogP contribution is -2.74. The molecule has 61 heavy (non-hydrogen) atoms. The van der Waals surface area contributed by atoms with Crippen molar-refractivity contribution in [3.8, 4) is 23.7 Å². The van der Waals surface area contributed by atoms with Crippen LogP contribution in [0.2, 0.25) is 5.02 Å². The molecule has 3 saturated heterocycles. The van der Waals surface area contributed by atoms with Crippen molar-refractivity contribution in [2.75, 3.05) is 31.1 Å². The van der Waals surface area contributed by atoms with Gasteiger partial charge in [0, 0.05) is 65.7 Å². The molecule has 4 heterocycles. The standard InChI is InChI=1S/C47H48ClFN6O6/c1-46(2)44(47(3,4)45(46)61-32-10-8-29(26-50)36(48)25-32)52-40(57)34-11-7-28(23-37(34)49)6-5-27-15-19-53(20-16-27)30-17-21-54(22-18-30)31-9-12-33-35(24-31)43(60)55(42(33)59)38-13-14-39(56)51-41(38)58/h7-12,23-25,27,30,38,44-45H,13-22H2,1-4H3,(H,52,57)(H,51,56,58). The number of anilines is 1. The number of nitrogens with zero attached hydrogens (tertiary/aromatic N) is 4. The number of fused-ring (bicyclic) bond motifs is 1. The highest BCUT2D eigenvalue weighted by molar-refractivity contribution is 6.31. The van der Waals surface area contributed by atoms with Crippen molar-refractivity contribution in [1.82, 2.24) is 20.4 Å². The number of carbonyl (C=O) groups is 5. The molecule has 0 radical (unpaired) electrons. The van der Waals surface area contributed by atoms with Crippen LogP contribution in [0, 0.1) is 45.7 Å². The van der Waals surface area contributed by atoms with Crippen LogP contribution in [-0.4, -0.2) is 89.7 Å². The quantitative estimate of drug-likeness (QED) is 0.213. The van der Waals surface area contributed by atoms with Gasteiger partial charge in [-0.3, -0.25) is 34.2 Å². The number of amides is 5. The molecule has 12 nitrogen and oxygen atoms in total. The number of piperidine rings is 3. The van der Waals surface area contributed by atoms with E-state index in [1.165, 1.54) is 12.1 Å². The number of carbonyl (C=O) groups excluding carboxylic acids is 5. The average Bonchev–Trinajstić information content (AvgIpc) is 3.48. The zero-order valence-corrected chi connectivity index (χ0v) is 35.4. The molecule has 1 unspecified atom stereocenters. The van der Waals surface area contributed by atoms with Gasteiger partial charge in [-0.15, -0.1) is 0 Å². The summed E-state index contributed by atoms with van der Waals surface area (Å²) in [5.74, 6) is 4.03. The molecule has 3 aromatic rings. The van der Waals surface area contributed by atoms with E-state index < -0.39 is 52.2 Å². The van der Waals surface area contributed by atoms with Crippen molar-refractivity contribution in [3.05, 3.63) is 93.3 Å². The van der Waals surface area contributed by atoms with Crippen LogP contribution in [0.3, 0.4) is 0 Å². The van der Waals surface area contributed by atoms with Crippen LogP contribution in [0.1, 0.15) is 108 Å². The van der Waals surface area contributed by atoms with Gasteiger partial charge in [0.1, 0.15) is 29.8 Å². The molecule has 4 fully saturated rings. The summed E-state index contributed by atoms with van der Waals surface area (Å²) in [4.78, 5) is 69.7. The monoisotopic (exact) mass is 846 g/mol. The number of rotatable bonds is 7. The molecule has 5 aliphatic rings. The van der Waals surface area contributed by atoms with E-state index in [1.807, 2.05) is 39.8 Å². The van der Waals surface area contributed by atoms with Crippen LogP contribution in [0.4, 0.5) is 10.1 Å². The van der Waals surface area contributed by atoms with Gasteiger partial charge in [0.15, 0.2) is 0 Å². The number of likely N-dealkylation sites (tertiary alicyclic amines) is 1. The highest BCUT2D eigenvalue weighted by atomic mass is 35.5. The Kier molecular flexibility index (Phi) is 11.2. The van der Waals surface area contributed by atoms with Crippen molar-refractivity contribution in [3.63, 3.8) is 0 Å². The zero-order chi connectivity index (χ0) is 43.4. The Balaban J connectivity index is 0.809. The minimum absolute atomic E-state index is 0.0454. The van der Waals surface area contributed by atoms with E-state index in [2.05, 4.69) is 32.3 Å². The first kappa shape index (κ1) is 42.0. The van der Waals surface area contributed by atoms with Crippen molar-refractivity contribution < 1.29 is 33.1 Å². The Hall–Kier alpha value is -5.76. The SMILES string of the molecule is CC1(C)C(NC(=O)c2ccc(C#CC3CCN(C4CCN(c5ccc6c(c5)C(=O)N(C5CCC(=O)NC5=O)C6=O)CC4)CC3)cc2F)C(C)(C)C1Oc1ccc(C#N)c(Cl)c1. The predicted molar refractivity (Wildman–Crippen MR) is 225 cm³/mol. The minimum Gasteiger partial charge on any atom is -0.489 e. The second kappa shape index (κ2) is 16.3. The fourth-order valence-electron chi connectivity index (χ4n) is 10.3. The summed E-state index contributed by atoms with van der Waals surface area (Å²) in [5, 5.41) is 14.8. The zero-order valence-electron chi connectivity index (χ0n) is 34.6. The Bertz CT molecular complexity index is 2420. The number of hydrogen-bond donors (Lipinski definition) is 2. The van der Waals surface area contributed by atoms with E-state index in [-0.39, 0.29) is 47.6 Å². The number of benzene rings is 3. The van der Waals surface area contributed by atoms with Gasteiger partial charge >= 0.3 is 0 Å². The molecular weight excluding hydrogens is 799 g/mol. The second-order valence-corrected chi connectivity index (χ2v) is 18.4. The van der Waals surface area contributed by atoms with Gasteiger partial charge in [-0.25, -0.2) is 4.39 Å². The third-order valence-electron chi connectivity index (χ3n) is 13.4. The molecule has 1 atom stereocenters. The first-order chi connectivity index (χ1) is 29.1. The van der Waals surface area contributed by atoms with Crippen molar-refractivity contribution in [2.45, 2.75) is 90.4 Å². The number of imide groups is 2. The first-order valence-electron chi connectivity index (χ1n) is 20.9. The minimum atomic E-state index is -0.991. The summed E-state index contributed by atoms with van der Waals surface area (Å²) < 4.78 is 21.7. The fourth-order valence-corrected chi connectivity index (χ4v) is 10.5. The van der Waals surface area contributed by atoms with Gasteiger partial charge in [0.2, 0.25) is 11.8 Å². The first-order valence-corrected chi connectivity index (χ1v) is 21.3. The second-order valence-electron chi connectivity index (χ2n) is 18.0. The highest BCUT2D eigenvalue weighted by Gasteiger charge is 2.64. The Morgan fingerprint density at radius 3 is 2.25 bits per heavy atom. The molecule has 0 spiro atoms. The molecule has 1 aliphatic carbocycles. The molecule has 5 amide bonds. The van der Waals surface area contributed by atoms with Crippen LogP contribution in [0.15, 0.2) is 54.6 Å². The molecule has 1 saturated carbocycles. The number of halogens is 2. The Morgan fingerprint density at radius 1 is 0.885 bits per heavy atom. The fraction of sp³-hybridized carbons (Fsp3) is 0.447. The molecule has 14 heteroatoms. The predicted octanol–water partition coefficient (Wildman–Crippen LogP) is 6.10. The lowest BCUT2D eigenvalue weighted by atomic mass is 9.49. The van der Waals surface area contributed by atoms with Crippen molar-refractivity contribution in [2.24, 2.45) is 16.7 Å². The van der Waals surface area contributed by atoms with Crippen LogP contribution >= 0.6 is 11.6 Å². The number of nitriles is 1. The third kappa shape index (κ3) is 7.86. The molecule has 0 aromatic heterocycles. The van der Waals surface area contributed by atoms with Gasteiger partial charge in [-0.1, -0.05) is 51.1 Å². The number of nitrogens with one attached hydrogen (secondary N) is 2. The van der Waals surface area contributed by atoms with Crippen LogP contribution in [0.5, 0.6) is 5.75 Å². The summed E-state index contributed by atoms with van der Waals surface area (Å²) in [6.07, 6.45) is 3.60. The van der Waals surface area contributed by atoms with Crippen LogP contribution < -0.4 is 20.3 Å². The Labute approximate surface area is 359 Å². The van der Waals surface area contributed by atoms with Gasteiger partial charge in [-0.2, -0.15) is 5.26 Å². The van der Waals surface area contributed by atoms with Crippen LogP contribution in [-0.2, 0) is 9.59 Å². The largest absolute Gasteiger partial charge is 0.489 e. The summed E-state index contributed by atoms with van der Waals surface area (Å²) in [6, 6.07) is 15.9. The summed E-state index contributed by atoms with van der Waals surface area (Å²) in [6.45, 7) is 11.4. The lowest BCUT2D eigenvalue weighted by molar-refractivity contribution is -0.164. The molecule has 316 valence electrons. The van der Waals surface area contributed by atoms with Crippen molar-refractivity contribution >= 4 is 46.8 Å². The normalized spacial score (nSPS) is 23.9. The molecular formula is C47H48ClFN6O6. The van der Waals surface area contributed by atoms with Gasteiger partial charge in [0.05, 0.1) is 27.3 Å². The molecule has 8 rings (SSSR count). The number of ether oxygens (including phenoxy) is 1. The number of hydrogen-bond acceptors (Lipinski definition) is 9. The van der Waals surface area contributed by atoms with E-state index in [4.69, 9.17) is 16.3 Å². The summed E-state index contributed by atoms with van der Waals surface area (Å²) >= 11 is 6.22. The van der Waals surface area contributed by atoms with Crippen LogP contribution in [0.25, 0.3) is 0 Å². The molecule has 2 N–H and O–H groups in total. The third-order valence-corrected chi connectivity index (χ3v) is 13.7. The van der Waals surface area contributed by atoms with Gasteiger partial charge in [-0.05, 0) is 93.7 Å². The molecule has 4 aliphatic heterocycles. The van der Waals surface area contributed by atoms with Crippen molar-refractivity contribution in [1.29, 1.82) is 5.26 Å². The average molecular weight is 847 g/mol. The van der Waals surface area contributed by atoms with E-state index in [0.29, 0.717) is 27.9 Å². The summed E-state index contributed by atoms with van der Waals surface area (Å²) in [7, 11) is 0.